The Morgan fingerprint density at radius 2 is 1.80 bits per heavy atom. The van der Waals surface area contributed by atoms with Crippen LogP contribution in [-0.4, -0.2) is 9.38 Å². The molecule has 5 rings (SSSR count). The number of benzene rings is 3. The van der Waals surface area contributed by atoms with Gasteiger partial charge in [0, 0.05) is 21.8 Å². The van der Waals surface area contributed by atoms with Crippen molar-refractivity contribution in [2.45, 2.75) is 0 Å². The second-order valence-electron chi connectivity index (χ2n) is 6.01. The quantitative estimate of drug-likeness (QED) is 0.362. The molecule has 0 atom stereocenters. The summed E-state index contributed by atoms with van der Waals surface area (Å²) >= 11 is 0. The molecule has 0 spiro atoms. The number of fused-ring (bicyclic) bond motifs is 4. The number of anilines is 2. The Balaban J connectivity index is 2.19. The molecular formula is C18H11N5O2. The lowest BCUT2D eigenvalue weighted by Gasteiger charge is -2.10. The number of aromatic nitrogens is 2. The fourth-order valence-corrected chi connectivity index (χ4v) is 3.55. The summed E-state index contributed by atoms with van der Waals surface area (Å²) in [4.78, 5) is 28.9. The third kappa shape index (κ3) is 1.59. The standard InChI is InChI=1S/C18H11N5O2/c19-8-4-5-14-13(6-8)21-17-10-3-1-2-9-15(10)11(18(24)23(14)17)7-12(20)16(9)22-25/h1-7H,19-20H2. The van der Waals surface area contributed by atoms with Crippen LogP contribution in [0, 0.1) is 4.91 Å². The molecule has 25 heavy (non-hydrogen) atoms. The maximum Gasteiger partial charge on any atom is 0.264 e. The van der Waals surface area contributed by atoms with E-state index in [0.29, 0.717) is 38.5 Å². The zero-order chi connectivity index (χ0) is 17.3. The molecule has 3 aromatic carbocycles. The molecule has 0 radical (unpaired) electrons. The largest absolute Gasteiger partial charge is 0.399 e. The van der Waals surface area contributed by atoms with Crippen LogP contribution in [0.1, 0.15) is 0 Å². The lowest BCUT2D eigenvalue weighted by atomic mass is 10.00. The molecule has 2 heterocycles. The molecule has 0 amide bonds. The minimum Gasteiger partial charge on any atom is -0.399 e. The molecule has 7 nitrogen and oxygen atoms in total. The number of nitroso groups, excluding NO2 is 1. The van der Waals surface area contributed by atoms with Crippen LogP contribution >= 0.6 is 0 Å². The van der Waals surface area contributed by atoms with Crippen molar-refractivity contribution in [2.75, 3.05) is 11.5 Å². The molecule has 2 aromatic heterocycles. The van der Waals surface area contributed by atoms with Crippen LogP contribution in [0.5, 0.6) is 0 Å². The van der Waals surface area contributed by atoms with E-state index in [1.165, 1.54) is 6.07 Å². The lowest BCUT2D eigenvalue weighted by molar-refractivity contribution is 1.19. The topological polar surface area (TPSA) is 116 Å². The van der Waals surface area contributed by atoms with Crippen molar-refractivity contribution in [3.63, 3.8) is 0 Å². The van der Waals surface area contributed by atoms with E-state index < -0.39 is 0 Å². The Labute approximate surface area is 139 Å². The first kappa shape index (κ1) is 13.7. The first-order valence-electron chi connectivity index (χ1n) is 7.62. The van der Waals surface area contributed by atoms with Crippen molar-refractivity contribution < 1.29 is 0 Å². The maximum absolute atomic E-state index is 13.1. The number of imidazole rings is 1. The third-order valence-corrected chi connectivity index (χ3v) is 4.61. The molecule has 0 unspecified atom stereocenters. The van der Waals surface area contributed by atoms with Gasteiger partial charge in [0.25, 0.3) is 5.56 Å². The number of pyridine rings is 1. The molecule has 0 fully saturated rings. The van der Waals surface area contributed by atoms with E-state index in [1.807, 2.05) is 6.07 Å². The van der Waals surface area contributed by atoms with Crippen molar-refractivity contribution in [1.82, 2.24) is 9.38 Å². The second kappa shape index (κ2) is 4.41. The second-order valence-corrected chi connectivity index (χ2v) is 6.01. The third-order valence-electron chi connectivity index (χ3n) is 4.61. The summed E-state index contributed by atoms with van der Waals surface area (Å²) in [7, 11) is 0. The summed E-state index contributed by atoms with van der Waals surface area (Å²) in [5.74, 6) is 0. The van der Waals surface area contributed by atoms with Gasteiger partial charge in [-0.1, -0.05) is 18.2 Å². The Hall–Kier alpha value is -3.74. The Morgan fingerprint density at radius 1 is 1.00 bits per heavy atom. The van der Waals surface area contributed by atoms with Gasteiger partial charge in [-0.25, -0.2) is 4.98 Å². The van der Waals surface area contributed by atoms with E-state index in [2.05, 4.69) is 10.2 Å². The molecule has 0 bridgehead atoms. The van der Waals surface area contributed by atoms with Crippen molar-refractivity contribution in [3.05, 3.63) is 57.7 Å². The molecule has 0 saturated carbocycles. The van der Waals surface area contributed by atoms with Gasteiger partial charge in [0.15, 0.2) is 0 Å². The predicted molar refractivity (Wildman–Crippen MR) is 99.4 cm³/mol. The summed E-state index contributed by atoms with van der Waals surface area (Å²) in [6.45, 7) is 0. The van der Waals surface area contributed by atoms with Gasteiger partial charge in [-0.3, -0.25) is 9.20 Å². The molecule has 0 aliphatic carbocycles. The number of nitrogen functional groups attached to an aromatic ring is 2. The Morgan fingerprint density at radius 3 is 2.60 bits per heavy atom. The first-order chi connectivity index (χ1) is 12.1. The molecule has 7 heteroatoms. The molecule has 5 aromatic rings. The van der Waals surface area contributed by atoms with Crippen LogP contribution in [0.25, 0.3) is 38.2 Å². The average molecular weight is 329 g/mol. The van der Waals surface area contributed by atoms with Gasteiger partial charge in [-0.15, -0.1) is 4.91 Å². The summed E-state index contributed by atoms with van der Waals surface area (Å²) in [6, 6.07) is 12.1. The zero-order valence-corrected chi connectivity index (χ0v) is 12.9. The highest BCUT2D eigenvalue weighted by Crippen LogP contribution is 2.38. The molecule has 0 aliphatic rings. The van der Waals surface area contributed by atoms with Crippen LogP contribution in [0.15, 0.2) is 52.4 Å². The van der Waals surface area contributed by atoms with Gasteiger partial charge < -0.3 is 11.5 Å². The van der Waals surface area contributed by atoms with Crippen LogP contribution in [0.2, 0.25) is 0 Å². The highest BCUT2D eigenvalue weighted by atomic mass is 16.3. The van der Waals surface area contributed by atoms with E-state index in [0.717, 1.165) is 5.39 Å². The van der Waals surface area contributed by atoms with Gasteiger partial charge in [-0.05, 0) is 29.4 Å². The monoisotopic (exact) mass is 329 g/mol. The lowest BCUT2D eigenvalue weighted by Crippen LogP contribution is -2.13. The van der Waals surface area contributed by atoms with Gasteiger partial charge in [-0.2, -0.15) is 0 Å². The summed E-state index contributed by atoms with van der Waals surface area (Å²) in [5.41, 5.74) is 14.3. The minimum atomic E-state index is -0.241. The summed E-state index contributed by atoms with van der Waals surface area (Å²) < 4.78 is 1.55. The summed E-state index contributed by atoms with van der Waals surface area (Å²) in [5, 5.41) is 5.43. The minimum absolute atomic E-state index is 0.141. The summed E-state index contributed by atoms with van der Waals surface area (Å²) in [6.07, 6.45) is 0. The normalized spacial score (nSPS) is 11.8. The fourth-order valence-electron chi connectivity index (χ4n) is 3.55. The number of nitrogens with two attached hydrogens (primary N) is 2. The van der Waals surface area contributed by atoms with Gasteiger partial charge >= 0.3 is 0 Å². The Kier molecular flexibility index (Phi) is 2.42. The van der Waals surface area contributed by atoms with E-state index in [9.17, 15) is 9.70 Å². The SMILES string of the molecule is Nc1ccc2c(c1)nc1c3cccc4c(N=O)c(N)cc(c(=O)n21)c43. The van der Waals surface area contributed by atoms with E-state index in [-0.39, 0.29) is 16.9 Å². The van der Waals surface area contributed by atoms with E-state index >= 15 is 0 Å². The van der Waals surface area contributed by atoms with Crippen molar-refractivity contribution in [1.29, 1.82) is 0 Å². The number of hydrogen-bond donors (Lipinski definition) is 2. The number of nitrogens with zero attached hydrogens (tertiary/aromatic N) is 3. The van der Waals surface area contributed by atoms with Crippen molar-refractivity contribution >= 4 is 55.3 Å². The maximum atomic E-state index is 13.1. The first-order valence-corrected chi connectivity index (χ1v) is 7.62. The molecular weight excluding hydrogens is 318 g/mol. The average Bonchev–Trinajstić information content (AvgIpc) is 2.98. The Bertz CT molecular complexity index is 1400. The highest BCUT2D eigenvalue weighted by molar-refractivity contribution is 6.20. The van der Waals surface area contributed by atoms with Crippen molar-refractivity contribution in [3.8, 4) is 0 Å². The van der Waals surface area contributed by atoms with Crippen LogP contribution in [-0.2, 0) is 0 Å². The van der Waals surface area contributed by atoms with E-state index in [4.69, 9.17) is 11.5 Å². The van der Waals surface area contributed by atoms with E-state index in [1.54, 1.807) is 34.7 Å². The van der Waals surface area contributed by atoms with Crippen molar-refractivity contribution in [2.24, 2.45) is 5.18 Å². The molecule has 120 valence electrons. The highest BCUT2D eigenvalue weighted by Gasteiger charge is 2.19. The van der Waals surface area contributed by atoms with Crippen LogP contribution < -0.4 is 17.0 Å². The number of rotatable bonds is 1. The smallest absolute Gasteiger partial charge is 0.264 e. The predicted octanol–water partition coefficient (Wildman–Crippen LogP) is 3.15. The van der Waals surface area contributed by atoms with Crippen LogP contribution in [0.3, 0.4) is 0 Å². The van der Waals surface area contributed by atoms with Gasteiger partial charge in [0.1, 0.15) is 11.3 Å². The molecule has 4 N–H and O–H groups in total. The fraction of sp³-hybridized carbons (Fsp3) is 0. The molecule has 0 aliphatic heterocycles. The number of hydrogen-bond acceptors (Lipinski definition) is 6. The van der Waals surface area contributed by atoms with Crippen LogP contribution in [0.4, 0.5) is 17.1 Å². The van der Waals surface area contributed by atoms with Gasteiger partial charge in [0.2, 0.25) is 0 Å². The zero-order valence-electron chi connectivity index (χ0n) is 12.9. The van der Waals surface area contributed by atoms with Gasteiger partial charge in [0.05, 0.1) is 22.1 Å². The molecule has 0 saturated heterocycles.